The number of aromatic amines is 1. The van der Waals surface area contributed by atoms with Crippen molar-refractivity contribution in [1.29, 1.82) is 0 Å². The molecule has 0 aliphatic carbocycles. The molecule has 1 atom stereocenters. The summed E-state index contributed by atoms with van der Waals surface area (Å²) in [6.07, 6.45) is -2.57. The zero-order valence-corrected chi connectivity index (χ0v) is 18.9. The largest absolute Gasteiger partial charge is 0.481 e. The van der Waals surface area contributed by atoms with E-state index in [1.807, 2.05) is 25.1 Å². The molecule has 0 aliphatic heterocycles. The van der Waals surface area contributed by atoms with Gasteiger partial charge in [0.1, 0.15) is 5.69 Å². The average molecular weight is 464 g/mol. The molecule has 0 fully saturated rings. The van der Waals surface area contributed by atoms with Gasteiger partial charge in [0.25, 0.3) is 0 Å². The van der Waals surface area contributed by atoms with Gasteiger partial charge in [-0.2, -0.15) is 28.6 Å². The Morgan fingerprint density at radius 3 is 2.41 bits per heavy atom. The quantitative estimate of drug-likeness (QED) is 0.422. The number of carbonyl (C=O) groups is 1. The second-order valence-corrected chi connectivity index (χ2v) is 9.60. The first kappa shape index (κ1) is 23.8. The molecule has 170 valence electrons. The average Bonchev–Trinajstić information content (AvgIpc) is 3.22. The van der Waals surface area contributed by atoms with E-state index in [0.717, 1.165) is 22.1 Å². The van der Waals surface area contributed by atoms with Gasteiger partial charge in [-0.1, -0.05) is 18.2 Å². The number of halogens is 3. The molecule has 0 amide bonds. The lowest BCUT2D eigenvalue weighted by molar-refractivity contribution is -0.146. The summed E-state index contributed by atoms with van der Waals surface area (Å²) in [4.78, 5) is 12.3. The van der Waals surface area contributed by atoms with Crippen molar-refractivity contribution in [3.8, 4) is 0 Å². The predicted octanol–water partition coefficient (Wildman–Crippen LogP) is 5.98. The standard InChI is InChI=1S/C23H24F3N3O2S/c1-13-5-6-15(10-18(13)23(24,25)26)20(19-12-27-29-28-19)32-17-8-7-16(14(2)9-17)11-22(3,4)21(30)31/h5-10,12,20H,11H2,1-4H3,(H,30,31)(H,27,28,29). The number of aryl methyl sites for hydroxylation is 2. The fourth-order valence-corrected chi connectivity index (χ4v) is 4.55. The molecule has 0 saturated carbocycles. The van der Waals surface area contributed by atoms with Gasteiger partial charge in [-0.15, -0.1) is 11.8 Å². The number of aliphatic carboxylic acids is 1. The van der Waals surface area contributed by atoms with E-state index in [0.29, 0.717) is 17.7 Å². The molecule has 1 unspecified atom stereocenters. The summed E-state index contributed by atoms with van der Waals surface area (Å²) in [5.41, 5.74) is 1.39. The van der Waals surface area contributed by atoms with Gasteiger partial charge in [0.15, 0.2) is 0 Å². The summed E-state index contributed by atoms with van der Waals surface area (Å²) in [5, 5.41) is 19.3. The SMILES string of the molecule is Cc1cc(SC(c2ccc(C)c(C(F)(F)F)c2)c2cn[nH]n2)ccc1CC(C)(C)C(=O)O. The third kappa shape index (κ3) is 5.32. The number of benzene rings is 2. The topological polar surface area (TPSA) is 78.9 Å². The van der Waals surface area contributed by atoms with Crippen LogP contribution in [0.4, 0.5) is 13.2 Å². The van der Waals surface area contributed by atoms with Gasteiger partial charge in [0.05, 0.1) is 22.4 Å². The van der Waals surface area contributed by atoms with Crippen molar-refractivity contribution in [2.45, 2.75) is 50.4 Å². The van der Waals surface area contributed by atoms with Crippen molar-refractivity contribution in [3.63, 3.8) is 0 Å². The Morgan fingerprint density at radius 2 is 1.84 bits per heavy atom. The molecule has 5 nitrogen and oxygen atoms in total. The number of hydrogen-bond acceptors (Lipinski definition) is 4. The Hall–Kier alpha value is -2.81. The fraction of sp³-hybridized carbons (Fsp3) is 0.348. The first-order chi connectivity index (χ1) is 14.9. The van der Waals surface area contributed by atoms with Gasteiger partial charge in [0, 0.05) is 4.90 Å². The Kier molecular flexibility index (Phi) is 6.69. The van der Waals surface area contributed by atoms with Crippen molar-refractivity contribution >= 4 is 17.7 Å². The van der Waals surface area contributed by atoms with Crippen molar-refractivity contribution in [1.82, 2.24) is 15.4 Å². The number of aromatic nitrogens is 3. The molecule has 9 heteroatoms. The molecule has 2 N–H and O–H groups in total. The number of hydrogen-bond donors (Lipinski definition) is 2. The molecule has 1 aromatic heterocycles. The lowest BCUT2D eigenvalue weighted by Gasteiger charge is -2.21. The molecule has 0 saturated heterocycles. The van der Waals surface area contributed by atoms with Gasteiger partial charge in [-0.3, -0.25) is 4.79 Å². The number of carboxylic acid groups (broad SMARTS) is 1. The first-order valence-electron chi connectivity index (χ1n) is 9.91. The number of nitrogens with one attached hydrogen (secondary N) is 1. The molecule has 0 aliphatic rings. The van der Waals surface area contributed by atoms with Crippen LogP contribution < -0.4 is 0 Å². The highest BCUT2D eigenvalue weighted by atomic mass is 32.2. The molecule has 0 radical (unpaired) electrons. The smallest absolute Gasteiger partial charge is 0.416 e. The highest BCUT2D eigenvalue weighted by molar-refractivity contribution is 7.99. The van der Waals surface area contributed by atoms with E-state index in [1.54, 1.807) is 19.9 Å². The minimum atomic E-state index is -4.45. The summed E-state index contributed by atoms with van der Waals surface area (Å²) in [6, 6.07) is 9.96. The minimum absolute atomic E-state index is 0.159. The van der Waals surface area contributed by atoms with Crippen molar-refractivity contribution < 1.29 is 23.1 Å². The number of alkyl halides is 3. The zero-order chi connectivity index (χ0) is 23.7. The third-order valence-corrected chi connectivity index (χ3v) is 6.63. The minimum Gasteiger partial charge on any atom is -0.481 e. The lowest BCUT2D eigenvalue weighted by Crippen LogP contribution is -2.26. The van der Waals surface area contributed by atoms with E-state index >= 15 is 0 Å². The van der Waals surface area contributed by atoms with Crippen molar-refractivity contribution in [2.24, 2.45) is 5.41 Å². The van der Waals surface area contributed by atoms with Crippen molar-refractivity contribution in [3.05, 3.63) is 76.1 Å². The van der Waals surface area contributed by atoms with Gasteiger partial charge in [-0.05, 0) is 74.6 Å². The van der Waals surface area contributed by atoms with Crippen LogP contribution in [0, 0.1) is 19.3 Å². The first-order valence-corrected chi connectivity index (χ1v) is 10.8. The summed E-state index contributed by atoms with van der Waals surface area (Å²) < 4.78 is 40.4. The van der Waals surface area contributed by atoms with Crippen molar-refractivity contribution in [2.75, 3.05) is 0 Å². The fourth-order valence-electron chi connectivity index (χ4n) is 3.37. The predicted molar refractivity (Wildman–Crippen MR) is 117 cm³/mol. The van der Waals surface area contributed by atoms with Crippen LogP contribution in [0.15, 0.2) is 47.5 Å². The Bertz CT molecular complexity index is 1110. The van der Waals surface area contributed by atoms with Gasteiger partial charge < -0.3 is 5.11 Å². The number of nitrogens with zero attached hydrogens (tertiary/aromatic N) is 2. The van der Waals surface area contributed by atoms with Crippen LogP contribution in [0.1, 0.15) is 52.6 Å². The van der Waals surface area contributed by atoms with Crippen LogP contribution in [0.25, 0.3) is 0 Å². The second kappa shape index (κ2) is 8.97. The molecule has 3 aromatic rings. The molecular formula is C23H24F3N3O2S. The summed E-state index contributed by atoms with van der Waals surface area (Å²) in [6.45, 7) is 6.68. The van der Waals surface area contributed by atoms with Gasteiger partial charge in [-0.25, -0.2) is 0 Å². The van der Waals surface area contributed by atoms with Crippen LogP contribution >= 0.6 is 11.8 Å². The number of carboxylic acids is 1. The monoisotopic (exact) mass is 463 g/mol. The summed E-state index contributed by atoms with van der Waals surface area (Å²) in [7, 11) is 0. The molecule has 0 spiro atoms. The molecular weight excluding hydrogens is 439 g/mol. The third-order valence-electron chi connectivity index (χ3n) is 5.35. The van der Waals surface area contributed by atoms with E-state index < -0.39 is 28.4 Å². The maximum Gasteiger partial charge on any atom is 0.416 e. The zero-order valence-electron chi connectivity index (χ0n) is 18.1. The number of H-pyrrole nitrogens is 1. The second-order valence-electron chi connectivity index (χ2n) is 8.42. The maximum atomic E-state index is 13.5. The van der Waals surface area contributed by atoms with Gasteiger partial charge >= 0.3 is 12.1 Å². The van der Waals surface area contributed by atoms with E-state index in [4.69, 9.17) is 0 Å². The molecule has 32 heavy (non-hydrogen) atoms. The number of rotatable bonds is 7. The van der Waals surface area contributed by atoms with Crippen LogP contribution in [0.5, 0.6) is 0 Å². The summed E-state index contributed by atoms with van der Waals surface area (Å²) >= 11 is 1.37. The number of thioether (sulfide) groups is 1. The van der Waals surface area contributed by atoms with E-state index in [2.05, 4.69) is 15.4 Å². The highest BCUT2D eigenvalue weighted by Gasteiger charge is 2.33. The highest BCUT2D eigenvalue weighted by Crippen LogP contribution is 2.42. The lowest BCUT2D eigenvalue weighted by atomic mass is 9.84. The van der Waals surface area contributed by atoms with E-state index in [1.165, 1.54) is 30.9 Å². The van der Waals surface area contributed by atoms with E-state index in [-0.39, 0.29) is 5.56 Å². The molecule has 0 bridgehead atoms. The van der Waals surface area contributed by atoms with E-state index in [9.17, 15) is 23.1 Å². The summed E-state index contributed by atoms with van der Waals surface area (Å²) in [5.74, 6) is -0.874. The normalized spacial score (nSPS) is 13.2. The molecule has 1 heterocycles. The maximum absolute atomic E-state index is 13.5. The van der Waals surface area contributed by atoms with Crippen LogP contribution in [0.2, 0.25) is 0 Å². The van der Waals surface area contributed by atoms with Crippen LogP contribution in [-0.4, -0.2) is 26.5 Å². The van der Waals surface area contributed by atoms with Crippen LogP contribution in [-0.2, 0) is 17.4 Å². The Labute approximate surface area is 188 Å². The molecule has 3 rings (SSSR count). The van der Waals surface area contributed by atoms with Gasteiger partial charge in [0.2, 0.25) is 0 Å². The Morgan fingerprint density at radius 1 is 1.12 bits per heavy atom. The van der Waals surface area contributed by atoms with Crippen LogP contribution in [0.3, 0.4) is 0 Å². The molecule has 2 aromatic carbocycles. The Balaban J connectivity index is 1.95.